The molecule has 0 amide bonds. The molecule has 0 radical (unpaired) electrons. The van der Waals surface area contributed by atoms with Gasteiger partial charge in [-0.1, -0.05) is 24.3 Å². The molecule has 1 unspecified atom stereocenters. The van der Waals surface area contributed by atoms with Gasteiger partial charge in [0.05, 0.1) is 5.56 Å². The number of phenols is 5. The highest BCUT2D eigenvalue weighted by Gasteiger charge is 2.48. The van der Waals surface area contributed by atoms with E-state index in [1.807, 2.05) is 0 Å². The van der Waals surface area contributed by atoms with Gasteiger partial charge in [-0.05, 0) is 59.7 Å². The van der Waals surface area contributed by atoms with Gasteiger partial charge in [0.15, 0.2) is 41.0 Å². The molecule has 1 heterocycles. The van der Waals surface area contributed by atoms with Crippen molar-refractivity contribution < 1.29 is 69.1 Å². The Morgan fingerprint density at radius 3 is 2.15 bits per heavy atom. The van der Waals surface area contributed by atoms with Crippen molar-refractivity contribution >= 4 is 29.9 Å². The average Bonchev–Trinajstić information content (AvgIpc) is 3.02. The molecule has 0 bridgehead atoms. The summed E-state index contributed by atoms with van der Waals surface area (Å²) in [6.07, 6.45) is -3.42. The van der Waals surface area contributed by atoms with Crippen LogP contribution < -0.4 is 4.74 Å². The second kappa shape index (κ2) is 14.5. The fourth-order valence-corrected chi connectivity index (χ4v) is 4.32. The summed E-state index contributed by atoms with van der Waals surface area (Å²) in [6, 6.07) is 12.0. The molecule has 0 saturated carbocycles. The van der Waals surface area contributed by atoms with Crippen LogP contribution in [0.1, 0.15) is 28.4 Å². The summed E-state index contributed by atoms with van der Waals surface area (Å²) >= 11 is 0. The molecule has 1 saturated heterocycles. The number of ether oxygens (including phenoxy) is 4. The molecule has 7 N–H and O–H groups in total. The summed E-state index contributed by atoms with van der Waals surface area (Å²) in [5.41, 5.74) is 0.598. The van der Waals surface area contributed by atoms with E-state index in [1.54, 1.807) is 12.1 Å². The first-order valence-electron chi connectivity index (χ1n) is 13.6. The first-order chi connectivity index (χ1) is 21.8. The van der Waals surface area contributed by atoms with Crippen LogP contribution in [0.4, 0.5) is 0 Å². The molecule has 5 atom stereocenters. The fraction of sp³-hybridized carbons (Fsp3) is 0.219. The maximum Gasteiger partial charge on any atom is 0.330 e. The maximum atomic E-state index is 12.7. The number of carbonyl (C=O) groups is 3. The zero-order chi connectivity index (χ0) is 33.5. The minimum atomic E-state index is -1.83. The van der Waals surface area contributed by atoms with E-state index in [-0.39, 0.29) is 17.1 Å². The average molecular weight is 639 g/mol. The number of allylic oxidation sites excluding steroid dienone is 1. The zero-order valence-corrected chi connectivity index (χ0v) is 24.1. The molecular formula is C32H30O14. The van der Waals surface area contributed by atoms with Gasteiger partial charge >= 0.3 is 11.9 Å². The lowest BCUT2D eigenvalue weighted by Crippen LogP contribution is -2.61. The second-order valence-electron chi connectivity index (χ2n) is 10.0. The van der Waals surface area contributed by atoms with E-state index in [0.29, 0.717) is 11.1 Å². The summed E-state index contributed by atoms with van der Waals surface area (Å²) < 4.78 is 21.3. The number of aliphatic hydroxyl groups excluding tert-OH is 2. The molecule has 0 aromatic heterocycles. The lowest BCUT2D eigenvalue weighted by atomic mass is 9.99. The number of aromatic hydroxyl groups is 5. The third kappa shape index (κ3) is 8.12. The van der Waals surface area contributed by atoms with Gasteiger partial charge in [0, 0.05) is 13.0 Å². The molecule has 14 nitrogen and oxygen atoms in total. The van der Waals surface area contributed by atoms with Crippen LogP contribution in [0.25, 0.3) is 12.2 Å². The lowest BCUT2D eigenvalue weighted by Gasteiger charge is -2.41. The Bertz CT molecular complexity index is 1650. The lowest BCUT2D eigenvalue weighted by molar-refractivity contribution is -0.282. The molecule has 0 spiro atoms. The van der Waals surface area contributed by atoms with Crippen molar-refractivity contribution in [1.82, 2.24) is 0 Å². The van der Waals surface area contributed by atoms with E-state index >= 15 is 0 Å². The van der Waals surface area contributed by atoms with E-state index in [0.717, 1.165) is 31.2 Å². The number of hydrogen-bond acceptors (Lipinski definition) is 14. The molecule has 1 fully saturated rings. The maximum absolute atomic E-state index is 12.7. The van der Waals surface area contributed by atoms with Crippen molar-refractivity contribution in [3.05, 3.63) is 83.4 Å². The molecule has 3 aromatic carbocycles. The molecule has 4 rings (SSSR count). The summed E-state index contributed by atoms with van der Waals surface area (Å²) in [4.78, 5) is 36.6. The Morgan fingerprint density at radius 1 is 0.804 bits per heavy atom. The topological polar surface area (TPSA) is 230 Å². The molecular weight excluding hydrogens is 608 g/mol. The predicted octanol–water partition coefficient (Wildman–Crippen LogP) is 2.12. The summed E-state index contributed by atoms with van der Waals surface area (Å²) in [7, 11) is 0. The Kier molecular flexibility index (Phi) is 10.5. The second-order valence-corrected chi connectivity index (χ2v) is 10.0. The molecule has 0 aliphatic carbocycles. The van der Waals surface area contributed by atoms with Crippen molar-refractivity contribution in [3.8, 4) is 34.5 Å². The monoisotopic (exact) mass is 638 g/mol. The van der Waals surface area contributed by atoms with Crippen LogP contribution in [0.2, 0.25) is 0 Å². The highest BCUT2D eigenvalue weighted by atomic mass is 16.7. The van der Waals surface area contributed by atoms with Crippen LogP contribution in [0.3, 0.4) is 0 Å². The molecule has 14 heteroatoms. The molecule has 242 valence electrons. The zero-order valence-electron chi connectivity index (χ0n) is 24.1. The smallest absolute Gasteiger partial charge is 0.330 e. The first kappa shape index (κ1) is 33.3. The Balaban J connectivity index is 1.47. The van der Waals surface area contributed by atoms with Gasteiger partial charge in [-0.3, -0.25) is 9.59 Å². The van der Waals surface area contributed by atoms with Crippen LogP contribution in [-0.4, -0.2) is 90.8 Å². The van der Waals surface area contributed by atoms with Crippen LogP contribution in [0.15, 0.2) is 66.7 Å². The molecule has 46 heavy (non-hydrogen) atoms. The van der Waals surface area contributed by atoms with Crippen LogP contribution in [0.5, 0.6) is 34.5 Å². The minimum Gasteiger partial charge on any atom is -0.508 e. The minimum absolute atomic E-state index is 0.0408. The normalized spacial score (nSPS) is 21.2. The van der Waals surface area contributed by atoms with Gasteiger partial charge in [0.2, 0.25) is 12.0 Å². The largest absolute Gasteiger partial charge is 0.508 e. The van der Waals surface area contributed by atoms with Crippen LogP contribution in [-0.2, 0) is 23.8 Å². The third-order valence-electron chi connectivity index (χ3n) is 6.69. The first-order valence-corrected chi connectivity index (χ1v) is 13.6. The summed E-state index contributed by atoms with van der Waals surface area (Å²) in [6.45, 7) is 0.451. The number of hydrogen-bond donors (Lipinski definition) is 7. The highest BCUT2D eigenvalue weighted by molar-refractivity contribution is 6.09. The van der Waals surface area contributed by atoms with Crippen molar-refractivity contribution in [2.24, 2.45) is 0 Å². The van der Waals surface area contributed by atoms with E-state index in [4.69, 9.17) is 18.9 Å². The van der Waals surface area contributed by atoms with Gasteiger partial charge in [-0.2, -0.15) is 0 Å². The van der Waals surface area contributed by atoms with Gasteiger partial charge in [0.25, 0.3) is 0 Å². The molecule has 3 aromatic rings. The van der Waals surface area contributed by atoms with Crippen LogP contribution in [0, 0.1) is 0 Å². The van der Waals surface area contributed by atoms with Crippen molar-refractivity contribution in [2.75, 3.05) is 6.61 Å². The summed E-state index contributed by atoms with van der Waals surface area (Å²) in [5.74, 6) is -5.42. The van der Waals surface area contributed by atoms with E-state index in [1.165, 1.54) is 42.5 Å². The Morgan fingerprint density at radius 2 is 1.48 bits per heavy atom. The number of benzene rings is 3. The van der Waals surface area contributed by atoms with Gasteiger partial charge in [-0.25, -0.2) is 4.79 Å². The predicted molar refractivity (Wildman–Crippen MR) is 158 cm³/mol. The Hall–Kier alpha value is -5.57. The van der Waals surface area contributed by atoms with Crippen LogP contribution >= 0.6 is 0 Å². The van der Waals surface area contributed by atoms with Gasteiger partial charge < -0.3 is 54.7 Å². The third-order valence-corrected chi connectivity index (χ3v) is 6.69. The Labute approximate surface area is 261 Å². The highest BCUT2D eigenvalue weighted by Crippen LogP contribution is 2.40. The quantitative estimate of drug-likeness (QED) is 0.0730. The van der Waals surface area contributed by atoms with E-state index in [2.05, 4.69) is 0 Å². The SMILES string of the molecule is CC(=O)O[C@@H]1[C@@H](O)[C@H](COC(=O)/C=C/c2ccc(O)cc2)OC(Oc2ccc(C(=O)/C=C/c3ccc(O)c(O)c3)c(O)c2O)[C@H]1O. The summed E-state index contributed by atoms with van der Waals surface area (Å²) in [5, 5.41) is 71.0. The van der Waals surface area contributed by atoms with Gasteiger partial charge in [0.1, 0.15) is 24.6 Å². The number of phenolic OH excluding ortho intramolecular Hbond substituents is 5. The fourth-order valence-electron chi connectivity index (χ4n) is 4.32. The van der Waals surface area contributed by atoms with E-state index in [9.17, 15) is 50.1 Å². The van der Waals surface area contributed by atoms with Crippen molar-refractivity contribution in [1.29, 1.82) is 0 Å². The number of carbonyl (C=O) groups excluding carboxylic acids is 3. The molecule has 1 aliphatic rings. The number of esters is 2. The number of ketones is 1. The standard InChI is InChI=1S/C32H30O14/c1-16(33)44-31-29(41)25(15-43-26(38)13-6-17-2-7-19(34)8-3-17)46-32(30(31)42)45-24-12-9-20(27(39)28(24)40)21(35)10-4-18-5-11-22(36)23(37)14-18/h2-14,25,29-32,34,36-37,39-42H,15H2,1H3/b10-4+,13-6+/t25-,29-,30-,31+,32?/m0/s1. The van der Waals surface area contributed by atoms with E-state index < -0.39 is 78.0 Å². The van der Waals surface area contributed by atoms with Crippen molar-refractivity contribution in [2.45, 2.75) is 37.6 Å². The molecule has 1 aliphatic heterocycles. The van der Waals surface area contributed by atoms with Gasteiger partial charge in [-0.15, -0.1) is 0 Å². The van der Waals surface area contributed by atoms with Crippen molar-refractivity contribution in [3.63, 3.8) is 0 Å². The number of aliphatic hydroxyl groups is 2. The number of rotatable bonds is 10.